The predicted molar refractivity (Wildman–Crippen MR) is 78.5 cm³/mol. The van der Waals surface area contributed by atoms with Gasteiger partial charge in [0.2, 0.25) is 0 Å². The second-order valence-electron chi connectivity index (χ2n) is 4.82. The summed E-state index contributed by atoms with van der Waals surface area (Å²) in [6.07, 6.45) is -0.515. The molecule has 0 aliphatic carbocycles. The second kappa shape index (κ2) is 6.28. The van der Waals surface area contributed by atoms with Crippen molar-refractivity contribution in [1.29, 1.82) is 0 Å². The van der Waals surface area contributed by atoms with Crippen LogP contribution in [0.5, 0.6) is 5.75 Å². The van der Waals surface area contributed by atoms with Crippen molar-refractivity contribution in [3.8, 4) is 5.75 Å². The number of para-hydroxylation sites is 1. The average molecular weight is 272 g/mol. The SMILES string of the molecule is Cc1ccc(CNC(=O)[C@H](C)Oc2ccccc2)n1C. The molecule has 1 aromatic heterocycles. The summed E-state index contributed by atoms with van der Waals surface area (Å²) in [7, 11) is 1.99. The molecule has 0 saturated carbocycles. The van der Waals surface area contributed by atoms with Crippen molar-refractivity contribution in [3.05, 3.63) is 53.9 Å². The van der Waals surface area contributed by atoms with Gasteiger partial charge in [-0.2, -0.15) is 0 Å². The molecule has 0 aliphatic heterocycles. The van der Waals surface area contributed by atoms with E-state index in [1.54, 1.807) is 6.92 Å². The molecule has 1 aromatic carbocycles. The Hall–Kier alpha value is -2.23. The number of carbonyl (C=O) groups excluding carboxylic acids is 1. The zero-order valence-electron chi connectivity index (χ0n) is 12.1. The lowest BCUT2D eigenvalue weighted by Gasteiger charge is -2.15. The Morgan fingerprint density at radius 1 is 1.25 bits per heavy atom. The van der Waals surface area contributed by atoms with Crippen molar-refractivity contribution in [2.24, 2.45) is 7.05 Å². The number of carbonyl (C=O) groups is 1. The van der Waals surface area contributed by atoms with E-state index in [0.29, 0.717) is 12.3 Å². The normalized spacial score (nSPS) is 11.9. The maximum absolute atomic E-state index is 12.0. The van der Waals surface area contributed by atoms with E-state index in [9.17, 15) is 4.79 Å². The van der Waals surface area contributed by atoms with Gasteiger partial charge in [0, 0.05) is 18.4 Å². The van der Waals surface area contributed by atoms with Crippen LogP contribution in [0, 0.1) is 6.92 Å². The first-order chi connectivity index (χ1) is 9.58. The minimum Gasteiger partial charge on any atom is -0.481 e. The lowest BCUT2D eigenvalue weighted by atomic mass is 10.3. The van der Waals surface area contributed by atoms with Crippen LogP contribution >= 0.6 is 0 Å². The number of rotatable bonds is 5. The Morgan fingerprint density at radius 2 is 1.95 bits per heavy atom. The Morgan fingerprint density at radius 3 is 2.55 bits per heavy atom. The molecule has 1 N–H and O–H groups in total. The highest BCUT2D eigenvalue weighted by molar-refractivity contribution is 5.80. The first kappa shape index (κ1) is 14.2. The minimum absolute atomic E-state index is 0.118. The van der Waals surface area contributed by atoms with Gasteiger partial charge in [0.05, 0.1) is 6.54 Å². The molecular formula is C16H20N2O2. The molecule has 106 valence electrons. The van der Waals surface area contributed by atoms with Crippen LogP contribution in [0.1, 0.15) is 18.3 Å². The number of benzene rings is 1. The van der Waals surface area contributed by atoms with E-state index in [0.717, 1.165) is 5.69 Å². The van der Waals surface area contributed by atoms with Gasteiger partial charge in [0.25, 0.3) is 5.91 Å². The molecule has 4 nitrogen and oxygen atoms in total. The third-order valence-corrected chi connectivity index (χ3v) is 3.35. The fourth-order valence-corrected chi connectivity index (χ4v) is 1.92. The number of hydrogen-bond donors (Lipinski definition) is 1. The summed E-state index contributed by atoms with van der Waals surface area (Å²) in [6, 6.07) is 13.4. The molecule has 0 aliphatic rings. The van der Waals surface area contributed by atoms with Gasteiger partial charge >= 0.3 is 0 Å². The molecule has 2 aromatic rings. The summed E-state index contributed by atoms with van der Waals surface area (Å²) in [5, 5.41) is 2.89. The van der Waals surface area contributed by atoms with Crippen LogP contribution in [-0.4, -0.2) is 16.6 Å². The van der Waals surface area contributed by atoms with Crippen LogP contribution in [0.15, 0.2) is 42.5 Å². The first-order valence-corrected chi connectivity index (χ1v) is 6.68. The number of ether oxygens (including phenoxy) is 1. The summed E-state index contributed by atoms with van der Waals surface area (Å²) in [5.41, 5.74) is 2.24. The Kier molecular flexibility index (Phi) is 4.45. The number of aromatic nitrogens is 1. The molecule has 20 heavy (non-hydrogen) atoms. The summed E-state index contributed by atoms with van der Waals surface area (Å²) in [6.45, 7) is 4.29. The van der Waals surface area contributed by atoms with Gasteiger partial charge in [0.15, 0.2) is 6.10 Å². The van der Waals surface area contributed by atoms with Gasteiger partial charge in [-0.15, -0.1) is 0 Å². The maximum atomic E-state index is 12.0. The van der Waals surface area contributed by atoms with Crippen LogP contribution in [0.4, 0.5) is 0 Å². The van der Waals surface area contributed by atoms with Crippen LogP contribution in [-0.2, 0) is 18.4 Å². The molecular weight excluding hydrogens is 252 g/mol. The third-order valence-electron chi connectivity index (χ3n) is 3.35. The van der Waals surface area contributed by atoms with Crippen molar-refractivity contribution < 1.29 is 9.53 Å². The highest BCUT2D eigenvalue weighted by Crippen LogP contribution is 2.11. The van der Waals surface area contributed by atoms with E-state index in [1.807, 2.05) is 56.4 Å². The van der Waals surface area contributed by atoms with Crippen molar-refractivity contribution >= 4 is 5.91 Å². The molecule has 2 rings (SSSR count). The lowest BCUT2D eigenvalue weighted by Crippen LogP contribution is -2.36. The van der Waals surface area contributed by atoms with Gasteiger partial charge in [-0.3, -0.25) is 4.79 Å². The Bertz CT molecular complexity index is 575. The summed E-state index contributed by atoms with van der Waals surface area (Å²) >= 11 is 0. The quantitative estimate of drug-likeness (QED) is 0.908. The first-order valence-electron chi connectivity index (χ1n) is 6.68. The Labute approximate surface area is 119 Å². The molecule has 4 heteroatoms. The van der Waals surface area contributed by atoms with Gasteiger partial charge in [0.1, 0.15) is 5.75 Å². The molecule has 1 heterocycles. The van der Waals surface area contributed by atoms with Crippen LogP contribution < -0.4 is 10.1 Å². The molecule has 0 radical (unpaired) electrons. The monoisotopic (exact) mass is 272 g/mol. The van der Waals surface area contributed by atoms with E-state index in [-0.39, 0.29) is 5.91 Å². The van der Waals surface area contributed by atoms with Gasteiger partial charge in [-0.25, -0.2) is 0 Å². The second-order valence-corrected chi connectivity index (χ2v) is 4.82. The largest absolute Gasteiger partial charge is 0.481 e. The molecule has 0 bridgehead atoms. The Balaban J connectivity index is 1.87. The average Bonchev–Trinajstić information content (AvgIpc) is 2.77. The maximum Gasteiger partial charge on any atom is 0.261 e. The molecule has 0 saturated heterocycles. The predicted octanol–water partition coefficient (Wildman–Crippen LogP) is 2.42. The highest BCUT2D eigenvalue weighted by atomic mass is 16.5. The van der Waals surface area contributed by atoms with Crippen molar-refractivity contribution in [1.82, 2.24) is 9.88 Å². The lowest BCUT2D eigenvalue weighted by molar-refractivity contribution is -0.127. The number of nitrogens with zero attached hydrogens (tertiary/aromatic N) is 1. The van der Waals surface area contributed by atoms with E-state index < -0.39 is 6.10 Å². The molecule has 0 spiro atoms. The number of aryl methyl sites for hydroxylation is 1. The molecule has 1 atom stereocenters. The van der Waals surface area contributed by atoms with E-state index >= 15 is 0 Å². The number of hydrogen-bond acceptors (Lipinski definition) is 2. The van der Waals surface area contributed by atoms with Crippen molar-refractivity contribution in [2.45, 2.75) is 26.5 Å². The number of amides is 1. The fourth-order valence-electron chi connectivity index (χ4n) is 1.92. The van der Waals surface area contributed by atoms with Gasteiger partial charge in [-0.05, 0) is 38.1 Å². The van der Waals surface area contributed by atoms with Crippen molar-refractivity contribution in [2.75, 3.05) is 0 Å². The molecule has 0 fully saturated rings. The minimum atomic E-state index is -0.515. The smallest absolute Gasteiger partial charge is 0.261 e. The number of nitrogens with one attached hydrogen (secondary N) is 1. The third kappa shape index (κ3) is 3.41. The van der Waals surface area contributed by atoms with Crippen molar-refractivity contribution in [3.63, 3.8) is 0 Å². The summed E-state index contributed by atoms with van der Waals surface area (Å²) < 4.78 is 7.64. The standard InChI is InChI=1S/C16H20N2O2/c1-12-9-10-14(18(12)3)11-17-16(19)13(2)20-15-7-5-4-6-8-15/h4-10,13H,11H2,1-3H3,(H,17,19)/t13-/m0/s1. The van der Waals surface area contributed by atoms with E-state index in [2.05, 4.69) is 9.88 Å². The van der Waals surface area contributed by atoms with Crippen LogP contribution in [0.2, 0.25) is 0 Å². The van der Waals surface area contributed by atoms with Gasteiger partial charge in [-0.1, -0.05) is 18.2 Å². The zero-order chi connectivity index (χ0) is 14.5. The molecule has 1 amide bonds. The topological polar surface area (TPSA) is 43.3 Å². The zero-order valence-corrected chi connectivity index (χ0v) is 12.1. The van der Waals surface area contributed by atoms with Gasteiger partial charge < -0.3 is 14.6 Å². The van der Waals surface area contributed by atoms with Crippen LogP contribution in [0.25, 0.3) is 0 Å². The summed E-state index contributed by atoms with van der Waals surface area (Å²) in [4.78, 5) is 12.0. The highest BCUT2D eigenvalue weighted by Gasteiger charge is 2.14. The summed E-state index contributed by atoms with van der Waals surface area (Å²) in [5.74, 6) is 0.581. The molecule has 0 unspecified atom stereocenters. The fraction of sp³-hybridized carbons (Fsp3) is 0.312. The van der Waals surface area contributed by atoms with Crippen LogP contribution in [0.3, 0.4) is 0 Å². The van der Waals surface area contributed by atoms with E-state index in [1.165, 1.54) is 5.69 Å². The van der Waals surface area contributed by atoms with E-state index in [4.69, 9.17) is 4.74 Å².